The number of ether oxygens (including phenoxy) is 2. The van der Waals surface area contributed by atoms with Gasteiger partial charge in [-0.15, -0.1) is 0 Å². The van der Waals surface area contributed by atoms with Gasteiger partial charge in [-0.05, 0) is 72.5 Å². The monoisotopic (exact) mass is 585 g/mol. The van der Waals surface area contributed by atoms with Crippen molar-refractivity contribution in [3.05, 3.63) is 107 Å². The first-order chi connectivity index (χ1) is 21.0. The Morgan fingerprint density at radius 3 is 2.21 bits per heavy atom. The lowest BCUT2D eigenvalue weighted by Crippen LogP contribution is -2.30. The summed E-state index contributed by atoms with van der Waals surface area (Å²) in [5.41, 5.74) is 5.00. The Hall–Kier alpha value is -3.48. The van der Waals surface area contributed by atoms with Crippen LogP contribution in [0.3, 0.4) is 0 Å². The van der Waals surface area contributed by atoms with Crippen molar-refractivity contribution in [2.75, 3.05) is 20.2 Å². The van der Waals surface area contributed by atoms with Crippen molar-refractivity contribution in [2.45, 2.75) is 83.5 Å². The second-order valence-electron chi connectivity index (χ2n) is 11.8. The summed E-state index contributed by atoms with van der Waals surface area (Å²) in [5.74, 6) is -0.232. The van der Waals surface area contributed by atoms with Crippen LogP contribution in [0.4, 0.5) is 0 Å². The topological polar surface area (TPSA) is 76.1 Å². The van der Waals surface area contributed by atoms with Gasteiger partial charge in [0.15, 0.2) is 0 Å². The zero-order chi connectivity index (χ0) is 30.3. The van der Waals surface area contributed by atoms with E-state index in [9.17, 15) is 14.7 Å². The standard InChI is InChI=1S/C37H47NO5/c1-42-36(39)14-8-9-25-38(26-31-21-23-34(24-22-31)37(40)41)27-35(33-12-6-3-7-13-33)43-28-32-19-17-30(18-20-32)16-15-29-10-4-2-5-11-29/h3,6-7,12-13,17-24,29,35H,2,4-5,8-11,14-16,25-28H2,1H3,(H,40,41)/t35-/m0/s1. The quantitative estimate of drug-likeness (QED) is 0.128. The Bertz CT molecular complexity index is 1240. The molecule has 1 atom stereocenters. The molecule has 3 aromatic carbocycles. The lowest BCUT2D eigenvalue weighted by Gasteiger charge is -2.28. The van der Waals surface area contributed by atoms with Crippen LogP contribution in [-0.4, -0.2) is 42.1 Å². The summed E-state index contributed by atoms with van der Waals surface area (Å²) in [5, 5.41) is 9.30. The van der Waals surface area contributed by atoms with E-state index in [4.69, 9.17) is 9.47 Å². The van der Waals surface area contributed by atoms with Crippen molar-refractivity contribution in [1.82, 2.24) is 4.90 Å². The van der Waals surface area contributed by atoms with Gasteiger partial charge in [-0.3, -0.25) is 9.69 Å². The van der Waals surface area contributed by atoms with E-state index >= 15 is 0 Å². The molecule has 1 N–H and O–H groups in total. The molecule has 0 aromatic heterocycles. The zero-order valence-electron chi connectivity index (χ0n) is 25.6. The maximum atomic E-state index is 11.6. The molecule has 43 heavy (non-hydrogen) atoms. The summed E-state index contributed by atoms with van der Waals surface area (Å²) in [4.78, 5) is 25.3. The summed E-state index contributed by atoms with van der Waals surface area (Å²) in [6.07, 6.45) is 11.2. The number of aromatic carboxylic acids is 1. The van der Waals surface area contributed by atoms with Crippen LogP contribution in [0, 0.1) is 5.92 Å². The minimum atomic E-state index is -0.930. The van der Waals surface area contributed by atoms with Gasteiger partial charge in [0, 0.05) is 19.5 Å². The first-order valence-electron chi connectivity index (χ1n) is 15.9. The smallest absolute Gasteiger partial charge is 0.335 e. The molecular weight excluding hydrogens is 538 g/mol. The molecule has 4 rings (SSSR count). The Balaban J connectivity index is 1.40. The molecule has 0 heterocycles. The fourth-order valence-corrected chi connectivity index (χ4v) is 5.95. The first kappa shape index (κ1) is 32.4. The van der Waals surface area contributed by atoms with Gasteiger partial charge in [0.05, 0.1) is 25.4 Å². The summed E-state index contributed by atoms with van der Waals surface area (Å²) < 4.78 is 11.4. The summed E-state index contributed by atoms with van der Waals surface area (Å²) in [7, 11) is 1.42. The number of carboxylic acid groups (broad SMARTS) is 1. The Kier molecular flexibility index (Phi) is 13.3. The molecule has 0 spiro atoms. The fraction of sp³-hybridized carbons (Fsp3) is 0.459. The molecule has 1 aliphatic carbocycles. The number of carbonyl (C=O) groups is 2. The van der Waals surface area contributed by atoms with Crippen molar-refractivity contribution >= 4 is 11.9 Å². The summed E-state index contributed by atoms with van der Waals surface area (Å²) >= 11 is 0. The molecule has 0 amide bonds. The molecule has 0 saturated heterocycles. The van der Waals surface area contributed by atoms with Crippen LogP contribution in [0.15, 0.2) is 78.9 Å². The summed E-state index contributed by atoms with van der Waals surface area (Å²) in [6.45, 7) is 2.62. The van der Waals surface area contributed by atoms with Crippen LogP contribution >= 0.6 is 0 Å². The Labute approximate surface area is 257 Å². The molecule has 6 heteroatoms. The number of aryl methyl sites for hydroxylation is 1. The SMILES string of the molecule is COC(=O)CCCCN(Cc1ccc(C(=O)O)cc1)C[C@H](OCc1ccc(CCC2CCCCC2)cc1)c1ccccc1. The van der Waals surface area contributed by atoms with E-state index in [1.165, 1.54) is 51.2 Å². The van der Waals surface area contributed by atoms with Crippen molar-refractivity contribution < 1.29 is 24.2 Å². The van der Waals surface area contributed by atoms with Gasteiger partial charge in [0.1, 0.15) is 0 Å². The number of hydrogen-bond donors (Lipinski definition) is 1. The third kappa shape index (κ3) is 11.3. The van der Waals surface area contributed by atoms with Gasteiger partial charge in [0.25, 0.3) is 0 Å². The fourth-order valence-electron chi connectivity index (χ4n) is 5.95. The molecule has 1 saturated carbocycles. The maximum Gasteiger partial charge on any atom is 0.335 e. The maximum absolute atomic E-state index is 11.6. The normalized spacial score (nSPS) is 14.5. The van der Waals surface area contributed by atoms with Gasteiger partial charge in [-0.1, -0.05) is 98.8 Å². The third-order valence-corrected chi connectivity index (χ3v) is 8.58. The Morgan fingerprint density at radius 2 is 1.53 bits per heavy atom. The number of esters is 1. The number of methoxy groups -OCH3 is 1. The molecular formula is C37H47NO5. The highest BCUT2D eigenvalue weighted by molar-refractivity contribution is 5.87. The second-order valence-corrected chi connectivity index (χ2v) is 11.8. The van der Waals surface area contributed by atoms with E-state index < -0.39 is 5.97 Å². The van der Waals surface area contributed by atoms with Crippen LogP contribution in [0.2, 0.25) is 0 Å². The highest BCUT2D eigenvalue weighted by atomic mass is 16.5. The molecule has 0 unspecified atom stereocenters. The van der Waals surface area contributed by atoms with Crippen LogP contribution in [0.25, 0.3) is 0 Å². The highest BCUT2D eigenvalue weighted by Crippen LogP contribution is 2.28. The summed E-state index contributed by atoms with van der Waals surface area (Å²) in [6, 6.07) is 26.3. The predicted octanol–water partition coefficient (Wildman–Crippen LogP) is 8.00. The first-order valence-corrected chi connectivity index (χ1v) is 15.9. The van der Waals surface area contributed by atoms with Gasteiger partial charge in [-0.25, -0.2) is 4.79 Å². The minimum Gasteiger partial charge on any atom is -0.478 e. The van der Waals surface area contributed by atoms with Crippen molar-refractivity contribution in [2.24, 2.45) is 5.92 Å². The lowest BCUT2D eigenvalue weighted by molar-refractivity contribution is -0.140. The lowest BCUT2D eigenvalue weighted by atomic mass is 9.85. The van der Waals surface area contributed by atoms with Crippen molar-refractivity contribution in [3.63, 3.8) is 0 Å². The molecule has 0 aliphatic heterocycles. The minimum absolute atomic E-state index is 0.147. The molecule has 0 radical (unpaired) electrons. The highest BCUT2D eigenvalue weighted by Gasteiger charge is 2.19. The average molecular weight is 586 g/mol. The van der Waals surface area contributed by atoms with E-state index in [1.54, 1.807) is 12.1 Å². The number of carboxylic acids is 1. The molecule has 230 valence electrons. The van der Waals surface area contributed by atoms with Crippen LogP contribution in [0.1, 0.15) is 96.5 Å². The van der Waals surface area contributed by atoms with Gasteiger partial charge in [-0.2, -0.15) is 0 Å². The zero-order valence-corrected chi connectivity index (χ0v) is 25.6. The van der Waals surface area contributed by atoms with Gasteiger partial charge in [0.2, 0.25) is 0 Å². The van der Waals surface area contributed by atoms with Crippen molar-refractivity contribution in [1.29, 1.82) is 0 Å². The molecule has 1 aliphatic rings. The molecule has 3 aromatic rings. The van der Waals surface area contributed by atoms with Gasteiger partial charge >= 0.3 is 11.9 Å². The molecule has 0 bridgehead atoms. The van der Waals surface area contributed by atoms with Crippen LogP contribution in [-0.2, 0) is 33.8 Å². The number of nitrogens with zero attached hydrogens (tertiary/aromatic N) is 1. The number of benzene rings is 3. The molecule has 6 nitrogen and oxygen atoms in total. The average Bonchev–Trinajstić information content (AvgIpc) is 3.05. The van der Waals surface area contributed by atoms with Crippen LogP contribution < -0.4 is 0 Å². The Morgan fingerprint density at radius 1 is 0.860 bits per heavy atom. The van der Waals surface area contributed by atoms with E-state index in [1.807, 2.05) is 30.3 Å². The number of unbranched alkanes of at least 4 members (excludes halogenated alkanes) is 1. The van der Waals surface area contributed by atoms with E-state index in [0.29, 0.717) is 26.1 Å². The van der Waals surface area contributed by atoms with E-state index in [0.717, 1.165) is 48.4 Å². The number of hydrogen-bond acceptors (Lipinski definition) is 5. The third-order valence-electron chi connectivity index (χ3n) is 8.58. The van der Waals surface area contributed by atoms with Gasteiger partial charge < -0.3 is 14.6 Å². The van der Waals surface area contributed by atoms with E-state index in [-0.39, 0.29) is 17.6 Å². The molecule has 1 fully saturated rings. The number of carbonyl (C=O) groups excluding carboxylic acids is 1. The predicted molar refractivity (Wildman–Crippen MR) is 170 cm³/mol. The van der Waals surface area contributed by atoms with E-state index in [2.05, 4.69) is 41.3 Å². The second kappa shape index (κ2) is 17.6. The number of rotatable bonds is 17. The largest absolute Gasteiger partial charge is 0.478 e. The van der Waals surface area contributed by atoms with Crippen molar-refractivity contribution in [3.8, 4) is 0 Å². The van der Waals surface area contributed by atoms with Crippen LogP contribution in [0.5, 0.6) is 0 Å².